The van der Waals surface area contributed by atoms with E-state index in [1.54, 1.807) is 16.0 Å². The Bertz CT molecular complexity index is 762. The van der Waals surface area contributed by atoms with Gasteiger partial charge in [0.05, 0.1) is 30.8 Å². The van der Waals surface area contributed by atoms with E-state index in [1.807, 2.05) is 12.1 Å². The Kier molecular flexibility index (Phi) is 5.40. The molecule has 2 atom stereocenters. The van der Waals surface area contributed by atoms with E-state index in [2.05, 4.69) is 4.98 Å². The van der Waals surface area contributed by atoms with Crippen molar-refractivity contribution in [3.8, 4) is 0 Å². The van der Waals surface area contributed by atoms with Crippen molar-refractivity contribution in [2.24, 2.45) is 11.8 Å². The number of cyclic esters (lactones) is 1. The highest BCUT2D eigenvalue weighted by molar-refractivity contribution is 5.77. The third kappa shape index (κ3) is 4.48. The number of anilines is 1. The molecule has 9 heteroatoms. The average molecular weight is 411 g/mol. The number of alkyl halides is 3. The largest absolute Gasteiger partial charge is 0.465 e. The highest BCUT2D eigenvalue weighted by Gasteiger charge is 2.43. The van der Waals surface area contributed by atoms with Gasteiger partial charge in [-0.3, -0.25) is 14.6 Å². The van der Waals surface area contributed by atoms with Crippen LogP contribution in [0.1, 0.15) is 37.3 Å². The first-order valence-electron chi connectivity index (χ1n) is 10.0. The predicted octanol–water partition coefficient (Wildman–Crippen LogP) is 2.74. The van der Waals surface area contributed by atoms with Crippen molar-refractivity contribution in [2.75, 3.05) is 37.7 Å². The summed E-state index contributed by atoms with van der Waals surface area (Å²) in [6.45, 7) is 1.98. The Morgan fingerprint density at radius 1 is 1.24 bits per heavy atom. The van der Waals surface area contributed by atoms with Gasteiger partial charge in [-0.05, 0) is 25.0 Å². The number of aromatic nitrogens is 1. The van der Waals surface area contributed by atoms with Crippen molar-refractivity contribution in [3.63, 3.8) is 0 Å². The maximum absolute atomic E-state index is 12.8. The van der Waals surface area contributed by atoms with Crippen molar-refractivity contribution in [1.82, 2.24) is 9.88 Å². The number of esters is 1. The van der Waals surface area contributed by atoms with Crippen LogP contribution in [0.4, 0.5) is 18.9 Å². The number of carbonyl (C=O) groups excluding carboxylic acids is 2. The number of pyridine rings is 1. The SMILES string of the molecule is O=C1C[C@H](CCC(=O)N2CC(c3ccc(N4CCC(C(F)(F)F)C4)cn3)C2)CO1. The average Bonchev–Trinajstić information content (AvgIpc) is 3.28. The van der Waals surface area contributed by atoms with Crippen LogP contribution in [-0.2, 0) is 14.3 Å². The van der Waals surface area contributed by atoms with E-state index in [0.29, 0.717) is 51.2 Å². The van der Waals surface area contributed by atoms with Crippen LogP contribution < -0.4 is 4.90 Å². The second-order valence-corrected chi connectivity index (χ2v) is 8.20. The lowest BCUT2D eigenvalue weighted by molar-refractivity contribution is -0.168. The van der Waals surface area contributed by atoms with Gasteiger partial charge in [0.25, 0.3) is 0 Å². The molecule has 1 unspecified atom stereocenters. The molecule has 158 valence electrons. The molecule has 1 amide bonds. The van der Waals surface area contributed by atoms with E-state index in [-0.39, 0.29) is 36.7 Å². The second kappa shape index (κ2) is 7.84. The summed E-state index contributed by atoms with van der Waals surface area (Å²) in [4.78, 5) is 31.3. The van der Waals surface area contributed by atoms with Crippen LogP contribution in [0.2, 0.25) is 0 Å². The lowest BCUT2D eigenvalue weighted by atomic mass is 9.94. The van der Waals surface area contributed by atoms with Crippen LogP contribution in [0.15, 0.2) is 18.3 Å². The number of hydrogen-bond acceptors (Lipinski definition) is 5. The van der Waals surface area contributed by atoms with Crippen molar-refractivity contribution in [3.05, 3.63) is 24.0 Å². The molecule has 0 spiro atoms. The maximum Gasteiger partial charge on any atom is 0.393 e. The summed E-state index contributed by atoms with van der Waals surface area (Å²) >= 11 is 0. The third-order valence-electron chi connectivity index (χ3n) is 6.14. The lowest BCUT2D eigenvalue weighted by Crippen LogP contribution is -2.48. The van der Waals surface area contributed by atoms with Crippen LogP contribution in [0.25, 0.3) is 0 Å². The smallest absolute Gasteiger partial charge is 0.393 e. The van der Waals surface area contributed by atoms with Gasteiger partial charge in [-0.1, -0.05) is 0 Å². The zero-order valence-corrected chi connectivity index (χ0v) is 16.0. The molecule has 29 heavy (non-hydrogen) atoms. The number of ether oxygens (including phenoxy) is 1. The van der Waals surface area contributed by atoms with E-state index in [0.717, 1.165) is 5.69 Å². The molecular weight excluding hydrogens is 387 g/mol. The molecule has 3 aliphatic heterocycles. The van der Waals surface area contributed by atoms with E-state index < -0.39 is 12.1 Å². The van der Waals surface area contributed by atoms with E-state index in [1.165, 1.54) is 0 Å². The summed E-state index contributed by atoms with van der Waals surface area (Å²) in [6.07, 6.45) is -0.928. The Labute approximate surface area is 167 Å². The van der Waals surface area contributed by atoms with Crippen LogP contribution in [0.5, 0.6) is 0 Å². The summed E-state index contributed by atoms with van der Waals surface area (Å²) in [5, 5.41) is 0. The van der Waals surface area contributed by atoms with Crippen molar-refractivity contribution < 1.29 is 27.5 Å². The molecule has 0 aliphatic carbocycles. The first-order valence-corrected chi connectivity index (χ1v) is 10.0. The Balaban J connectivity index is 1.23. The zero-order valence-electron chi connectivity index (χ0n) is 16.0. The second-order valence-electron chi connectivity index (χ2n) is 8.20. The number of rotatable bonds is 5. The molecule has 0 aromatic carbocycles. The molecule has 1 aromatic heterocycles. The highest BCUT2D eigenvalue weighted by Crippen LogP contribution is 2.36. The van der Waals surface area contributed by atoms with Crippen molar-refractivity contribution in [2.45, 2.75) is 37.8 Å². The zero-order chi connectivity index (χ0) is 20.6. The van der Waals surface area contributed by atoms with Gasteiger partial charge in [-0.25, -0.2) is 0 Å². The topological polar surface area (TPSA) is 62.7 Å². The summed E-state index contributed by atoms with van der Waals surface area (Å²) in [7, 11) is 0. The molecule has 3 saturated heterocycles. The molecule has 4 heterocycles. The molecule has 0 saturated carbocycles. The van der Waals surface area contributed by atoms with Gasteiger partial charge in [0, 0.05) is 50.1 Å². The monoisotopic (exact) mass is 411 g/mol. The van der Waals surface area contributed by atoms with E-state index in [4.69, 9.17) is 4.74 Å². The minimum atomic E-state index is -4.15. The number of amides is 1. The normalized spacial score (nSPS) is 25.3. The molecule has 3 fully saturated rings. The number of likely N-dealkylation sites (tertiary alicyclic amines) is 1. The van der Waals surface area contributed by atoms with E-state index >= 15 is 0 Å². The van der Waals surface area contributed by atoms with Crippen molar-refractivity contribution >= 4 is 17.6 Å². The molecule has 0 radical (unpaired) electrons. The molecule has 1 aromatic rings. The van der Waals surface area contributed by atoms with Gasteiger partial charge in [0.15, 0.2) is 0 Å². The standard InChI is InChI=1S/C20H24F3N3O3/c21-20(22,23)15-5-6-25(11-15)16-2-3-17(24-8-16)14-9-26(10-14)18(27)4-1-13-7-19(28)29-12-13/h2-3,8,13-15H,1,4-7,9-12H2/t13-,15?/m0/s1. The fourth-order valence-corrected chi connectivity index (χ4v) is 4.19. The lowest BCUT2D eigenvalue weighted by Gasteiger charge is -2.39. The molecule has 6 nitrogen and oxygen atoms in total. The molecule has 4 rings (SSSR count). The molecule has 3 aliphatic rings. The summed E-state index contributed by atoms with van der Waals surface area (Å²) in [5.74, 6) is -1.09. The fourth-order valence-electron chi connectivity index (χ4n) is 4.19. The van der Waals surface area contributed by atoms with E-state index in [9.17, 15) is 22.8 Å². The van der Waals surface area contributed by atoms with Gasteiger partial charge < -0.3 is 14.5 Å². The number of halogens is 3. The minimum Gasteiger partial charge on any atom is -0.465 e. The summed E-state index contributed by atoms with van der Waals surface area (Å²) in [5.41, 5.74) is 1.57. The quantitative estimate of drug-likeness (QED) is 0.698. The fraction of sp³-hybridized carbons (Fsp3) is 0.650. The van der Waals surface area contributed by atoms with Gasteiger partial charge in [-0.2, -0.15) is 13.2 Å². The van der Waals surface area contributed by atoms with Gasteiger partial charge >= 0.3 is 12.1 Å². The predicted molar refractivity (Wildman–Crippen MR) is 98.2 cm³/mol. The number of carbonyl (C=O) groups is 2. The van der Waals surface area contributed by atoms with Crippen molar-refractivity contribution in [1.29, 1.82) is 0 Å². The Morgan fingerprint density at radius 3 is 2.62 bits per heavy atom. The van der Waals surface area contributed by atoms with Crippen LogP contribution >= 0.6 is 0 Å². The Hall–Kier alpha value is -2.32. The van der Waals surface area contributed by atoms with Crippen LogP contribution in [-0.4, -0.2) is 60.7 Å². The molecule has 0 N–H and O–H groups in total. The Morgan fingerprint density at radius 2 is 2.03 bits per heavy atom. The maximum atomic E-state index is 12.8. The van der Waals surface area contributed by atoms with Gasteiger partial charge in [0.1, 0.15) is 0 Å². The summed E-state index contributed by atoms with van der Waals surface area (Å²) in [6, 6.07) is 3.67. The van der Waals surface area contributed by atoms with Gasteiger partial charge in [0.2, 0.25) is 5.91 Å². The minimum absolute atomic E-state index is 0.0200. The summed E-state index contributed by atoms with van der Waals surface area (Å²) < 4.78 is 43.4. The third-order valence-corrected chi connectivity index (χ3v) is 6.14. The van der Waals surface area contributed by atoms with Crippen LogP contribution in [0.3, 0.4) is 0 Å². The molecule has 0 bridgehead atoms. The first kappa shape index (κ1) is 20.0. The highest BCUT2D eigenvalue weighted by atomic mass is 19.4. The first-order chi connectivity index (χ1) is 13.8. The van der Waals surface area contributed by atoms with Crippen LogP contribution in [0, 0.1) is 11.8 Å². The number of hydrogen-bond donors (Lipinski definition) is 0. The van der Waals surface area contributed by atoms with Gasteiger partial charge in [-0.15, -0.1) is 0 Å². The number of nitrogens with zero attached hydrogens (tertiary/aromatic N) is 3. The molecular formula is C20H24F3N3O3.